The Morgan fingerprint density at radius 3 is 2.69 bits per heavy atom. The highest BCUT2D eigenvalue weighted by Gasteiger charge is 2.40. The lowest BCUT2D eigenvalue weighted by Crippen LogP contribution is -2.40. The van der Waals surface area contributed by atoms with Gasteiger partial charge in [0.2, 0.25) is 11.9 Å². The zero-order valence-electron chi connectivity index (χ0n) is 28.3. The molecule has 51 heavy (non-hydrogen) atoms. The second kappa shape index (κ2) is 15.6. The zero-order chi connectivity index (χ0) is 36.9. The number of nitrogens with one attached hydrogen (secondary N) is 1. The summed E-state index contributed by atoms with van der Waals surface area (Å²) in [7, 11) is 1.86. The SMILES string of the molecule is C=C(C(CC=C1C(C2=CCNCC2)=CC=CN1C)CC1CN(C(=O)CCC(F)(F)F)CC=C1c1cccn2nc(N)nc12)C(F)(F)CCC(=O)O. The zero-order valence-corrected chi connectivity index (χ0v) is 28.3. The van der Waals surface area contributed by atoms with Crippen LogP contribution in [-0.2, 0) is 9.59 Å². The number of nitrogens with two attached hydrogens (primary N) is 1. The number of hydrogen-bond acceptors (Lipinski definition) is 7. The smallest absolute Gasteiger partial charge is 0.389 e. The number of carbonyl (C=O) groups is 2. The fourth-order valence-corrected chi connectivity index (χ4v) is 6.82. The number of rotatable bonds is 13. The van der Waals surface area contributed by atoms with Crippen LogP contribution in [-0.4, -0.2) is 86.7 Å². The van der Waals surface area contributed by atoms with E-state index in [2.05, 4.69) is 28.1 Å². The number of hydrogen-bond donors (Lipinski definition) is 3. The van der Waals surface area contributed by atoms with E-state index in [4.69, 9.17) is 5.73 Å². The Morgan fingerprint density at radius 1 is 1.20 bits per heavy atom. The van der Waals surface area contributed by atoms with Crippen LogP contribution in [0.25, 0.3) is 11.2 Å². The fraction of sp³-hybridized carbons (Fsp3) is 0.444. The molecule has 10 nitrogen and oxygen atoms in total. The quantitative estimate of drug-likeness (QED) is 0.167. The van der Waals surface area contributed by atoms with Crippen molar-refractivity contribution in [2.75, 3.05) is 39.0 Å². The van der Waals surface area contributed by atoms with E-state index in [1.54, 1.807) is 24.4 Å². The minimum atomic E-state index is -4.52. The molecule has 0 aliphatic carbocycles. The predicted octanol–water partition coefficient (Wildman–Crippen LogP) is 6.14. The summed E-state index contributed by atoms with van der Waals surface area (Å²) >= 11 is 0. The van der Waals surface area contributed by atoms with Crippen LogP contribution < -0.4 is 11.1 Å². The maximum Gasteiger partial charge on any atom is 0.389 e. The van der Waals surface area contributed by atoms with Crippen LogP contribution in [0.5, 0.6) is 0 Å². The van der Waals surface area contributed by atoms with Crippen molar-refractivity contribution in [3.05, 3.63) is 89.5 Å². The number of anilines is 1. The highest BCUT2D eigenvalue weighted by atomic mass is 19.4. The molecule has 0 saturated heterocycles. The number of aliphatic carboxylic acids is 1. The lowest BCUT2D eigenvalue weighted by Gasteiger charge is -2.37. The van der Waals surface area contributed by atoms with Crippen molar-refractivity contribution in [3.8, 4) is 0 Å². The summed E-state index contributed by atoms with van der Waals surface area (Å²) in [4.78, 5) is 31.9. The van der Waals surface area contributed by atoms with Gasteiger partial charge in [-0.1, -0.05) is 30.9 Å². The first-order valence-electron chi connectivity index (χ1n) is 16.8. The van der Waals surface area contributed by atoms with Gasteiger partial charge in [-0.05, 0) is 66.7 Å². The van der Waals surface area contributed by atoms with E-state index in [1.807, 2.05) is 36.4 Å². The van der Waals surface area contributed by atoms with Crippen molar-refractivity contribution >= 4 is 29.0 Å². The van der Waals surface area contributed by atoms with Gasteiger partial charge < -0.3 is 26.0 Å². The summed E-state index contributed by atoms with van der Waals surface area (Å²) in [5.41, 5.74) is 9.96. The Labute approximate surface area is 292 Å². The van der Waals surface area contributed by atoms with Crippen molar-refractivity contribution in [3.63, 3.8) is 0 Å². The molecule has 5 rings (SSSR count). The number of aromatic nitrogens is 3. The maximum atomic E-state index is 15.8. The Bertz CT molecular complexity index is 1810. The van der Waals surface area contributed by atoms with E-state index in [0.29, 0.717) is 23.3 Å². The minimum Gasteiger partial charge on any atom is -0.481 e. The topological polar surface area (TPSA) is 129 Å². The number of allylic oxidation sites excluding steroid dienone is 5. The third-order valence-corrected chi connectivity index (χ3v) is 9.50. The molecule has 2 aromatic heterocycles. The van der Waals surface area contributed by atoms with Crippen molar-refractivity contribution in [1.82, 2.24) is 29.7 Å². The van der Waals surface area contributed by atoms with Crippen LogP contribution >= 0.6 is 0 Å². The highest BCUT2D eigenvalue weighted by molar-refractivity contribution is 5.82. The molecule has 2 aromatic rings. The van der Waals surface area contributed by atoms with Gasteiger partial charge in [-0.2, -0.15) is 18.2 Å². The third-order valence-electron chi connectivity index (χ3n) is 9.50. The van der Waals surface area contributed by atoms with Gasteiger partial charge in [-0.3, -0.25) is 9.59 Å². The standard InChI is InChI=1S/C36H42F5N7O3/c1-23(35(37,38)14-10-32(50)51)25(7-8-30-28(5-3-18-46(30)2)24-11-16-43-17-12-24)21-26-22-47(31(49)9-15-36(39,40)41)20-13-27(26)29-6-4-19-48-33(29)44-34(42)45-48/h3-6,8,11,13,18-19,25-26,43H,1,7,9-10,12,14-17,20-22H2,2H3,(H2,42,45)(H,50,51). The van der Waals surface area contributed by atoms with Gasteiger partial charge in [0.25, 0.3) is 5.92 Å². The maximum absolute atomic E-state index is 15.8. The van der Waals surface area contributed by atoms with Crippen LogP contribution in [0.2, 0.25) is 0 Å². The molecule has 2 unspecified atom stereocenters. The summed E-state index contributed by atoms with van der Waals surface area (Å²) < 4.78 is 72.2. The summed E-state index contributed by atoms with van der Waals surface area (Å²) in [5.74, 6) is -7.17. The van der Waals surface area contributed by atoms with E-state index < -0.39 is 67.1 Å². The number of fused-ring (bicyclic) bond motifs is 1. The lowest BCUT2D eigenvalue weighted by atomic mass is 9.77. The van der Waals surface area contributed by atoms with E-state index in [1.165, 1.54) is 9.42 Å². The summed E-state index contributed by atoms with van der Waals surface area (Å²) in [6, 6.07) is 3.48. The number of pyridine rings is 1. The van der Waals surface area contributed by atoms with E-state index >= 15 is 8.78 Å². The number of halogens is 5. The van der Waals surface area contributed by atoms with E-state index in [-0.39, 0.29) is 31.9 Å². The van der Waals surface area contributed by atoms with Gasteiger partial charge in [-0.15, -0.1) is 5.10 Å². The number of alkyl halides is 5. The fourth-order valence-electron chi connectivity index (χ4n) is 6.82. The summed E-state index contributed by atoms with van der Waals surface area (Å²) in [5, 5.41) is 16.7. The minimum absolute atomic E-state index is 0.00683. The molecule has 4 N–H and O–H groups in total. The van der Waals surface area contributed by atoms with Crippen molar-refractivity contribution < 1.29 is 36.6 Å². The molecule has 3 aliphatic heterocycles. The highest BCUT2D eigenvalue weighted by Crippen LogP contribution is 2.43. The van der Waals surface area contributed by atoms with E-state index in [9.17, 15) is 27.9 Å². The molecule has 2 atom stereocenters. The lowest BCUT2D eigenvalue weighted by molar-refractivity contribution is -0.149. The molecule has 5 heterocycles. The van der Waals surface area contributed by atoms with Crippen LogP contribution in [0, 0.1) is 11.8 Å². The third kappa shape index (κ3) is 9.31. The molecule has 15 heteroatoms. The molecule has 3 aliphatic rings. The molecule has 0 bridgehead atoms. The first kappa shape index (κ1) is 37.5. The Morgan fingerprint density at radius 2 is 1.98 bits per heavy atom. The Balaban J connectivity index is 1.53. The molecular weight excluding hydrogens is 673 g/mol. The van der Waals surface area contributed by atoms with Crippen LogP contribution in [0.3, 0.4) is 0 Å². The molecule has 0 aromatic carbocycles. The molecular formula is C36H42F5N7O3. The monoisotopic (exact) mass is 715 g/mol. The Hall–Kier alpha value is -4.79. The van der Waals surface area contributed by atoms with Crippen LogP contribution in [0.15, 0.2) is 83.9 Å². The van der Waals surface area contributed by atoms with E-state index in [0.717, 1.165) is 29.8 Å². The first-order chi connectivity index (χ1) is 24.1. The molecule has 0 fully saturated rings. The largest absolute Gasteiger partial charge is 0.481 e. The number of carboxylic acids is 1. The van der Waals surface area contributed by atoms with Crippen molar-refractivity contribution in [2.45, 2.75) is 57.0 Å². The second-order valence-corrected chi connectivity index (χ2v) is 13.0. The van der Waals surface area contributed by atoms with Gasteiger partial charge in [0, 0.05) is 74.7 Å². The molecule has 0 saturated carbocycles. The molecule has 274 valence electrons. The van der Waals surface area contributed by atoms with Crippen LogP contribution in [0.4, 0.5) is 27.9 Å². The number of nitrogen functional groups attached to an aromatic ring is 1. The number of amides is 1. The average molecular weight is 716 g/mol. The predicted molar refractivity (Wildman–Crippen MR) is 183 cm³/mol. The number of carbonyl (C=O) groups excluding carboxylic acids is 1. The van der Waals surface area contributed by atoms with Gasteiger partial charge in [0.1, 0.15) is 0 Å². The molecule has 1 amide bonds. The van der Waals surface area contributed by atoms with Gasteiger partial charge >= 0.3 is 12.1 Å². The van der Waals surface area contributed by atoms with Gasteiger partial charge in [-0.25, -0.2) is 13.3 Å². The van der Waals surface area contributed by atoms with Crippen LogP contribution in [0.1, 0.15) is 50.5 Å². The molecule has 0 radical (unpaired) electrons. The number of carboxylic acid groups (broad SMARTS) is 1. The summed E-state index contributed by atoms with van der Waals surface area (Å²) in [6.45, 7) is 5.28. The number of nitrogens with zero attached hydrogens (tertiary/aromatic N) is 5. The van der Waals surface area contributed by atoms with Gasteiger partial charge in [0.05, 0.1) is 12.8 Å². The normalized spacial score (nSPS) is 19.9. The first-order valence-corrected chi connectivity index (χ1v) is 16.8. The summed E-state index contributed by atoms with van der Waals surface area (Å²) in [6.07, 6.45) is 5.70. The second-order valence-electron chi connectivity index (χ2n) is 13.0. The number of likely N-dealkylation sites (N-methyl/N-ethyl adjacent to an activating group) is 1. The molecule has 0 spiro atoms. The Kier molecular flexibility index (Phi) is 11.5. The van der Waals surface area contributed by atoms with Crippen molar-refractivity contribution in [1.29, 1.82) is 0 Å². The average Bonchev–Trinajstić information content (AvgIpc) is 3.48. The van der Waals surface area contributed by atoms with Crippen molar-refractivity contribution in [2.24, 2.45) is 11.8 Å². The van der Waals surface area contributed by atoms with Gasteiger partial charge in [0.15, 0.2) is 5.65 Å².